The Kier molecular flexibility index (Phi) is 12.3. The van der Waals surface area contributed by atoms with Crippen molar-refractivity contribution in [1.29, 1.82) is 0 Å². The van der Waals surface area contributed by atoms with Gasteiger partial charge < -0.3 is 8.83 Å². The summed E-state index contributed by atoms with van der Waals surface area (Å²) in [7, 11) is 0. The molecule has 19 rings (SSSR count). The van der Waals surface area contributed by atoms with Gasteiger partial charge in [0.15, 0.2) is 0 Å². The van der Waals surface area contributed by atoms with E-state index in [0.717, 1.165) is 88.4 Å². The molecule has 0 amide bonds. The Bertz CT molecular complexity index is 6140. The van der Waals surface area contributed by atoms with Crippen LogP contribution in [0.15, 0.2) is 349 Å². The second kappa shape index (κ2) is 21.7. The number of fused-ring (bicyclic) bond motifs is 11. The minimum atomic E-state index is 0.861. The molecular formula is C92H56O2. The van der Waals surface area contributed by atoms with Crippen molar-refractivity contribution >= 4 is 97.7 Å². The molecule has 2 heterocycles. The van der Waals surface area contributed by atoms with Crippen molar-refractivity contribution in [2.24, 2.45) is 0 Å². The Hall–Kier alpha value is -12.4. The topological polar surface area (TPSA) is 26.3 Å². The zero-order valence-corrected chi connectivity index (χ0v) is 51.1. The molecule has 17 aromatic carbocycles. The summed E-state index contributed by atoms with van der Waals surface area (Å²) in [5.74, 6) is 0. The Morgan fingerprint density at radius 1 is 0.160 bits per heavy atom. The van der Waals surface area contributed by atoms with Crippen molar-refractivity contribution in [3.05, 3.63) is 340 Å². The first-order chi connectivity index (χ1) is 46.7. The maximum absolute atomic E-state index is 7.09. The molecule has 0 unspecified atom stereocenters. The van der Waals surface area contributed by atoms with E-state index < -0.39 is 0 Å². The van der Waals surface area contributed by atoms with E-state index in [1.54, 1.807) is 0 Å². The fourth-order valence-corrected chi connectivity index (χ4v) is 15.6. The third kappa shape index (κ3) is 8.43. The Balaban J connectivity index is 0.731. The zero-order valence-electron chi connectivity index (χ0n) is 51.1. The number of hydrogen-bond acceptors (Lipinski definition) is 2. The molecule has 0 N–H and O–H groups in total. The molecule has 0 saturated carbocycles. The van der Waals surface area contributed by atoms with Gasteiger partial charge in [-0.2, -0.15) is 0 Å². The van der Waals surface area contributed by atoms with E-state index in [4.69, 9.17) is 8.83 Å². The van der Waals surface area contributed by atoms with Crippen LogP contribution in [-0.4, -0.2) is 0 Å². The molecule has 436 valence electrons. The molecular weight excluding hydrogens is 1140 g/mol. The summed E-state index contributed by atoms with van der Waals surface area (Å²) in [6.45, 7) is 0. The van der Waals surface area contributed by atoms with Crippen LogP contribution in [0.4, 0.5) is 0 Å². The van der Waals surface area contributed by atoms with Gasteiger partial charge in [0.2, 0.25) is 0 Å². The molecule has 0 atom stereocenters. The maximum atomic E-state index is 7.09. The summed E-state index contributed by atoms with van der Waals surface area (Å²) < 4.78 is 13.4. The molecule has 0 radical (unpaired) electrons. The van der Waals surface area contributed by atoms with Crippen LogP contribution in [0.5, 0.6) is 0 Å². The van der Waals surface area contributed by atoms with Crippen LogP contribution in [0.2, 0.25) is 0 Å². The average molecular weight is 1190 g/mol. The summed E-state index contributed by atoms with van der Waals surface area (Å²) in [4.78, 5) is 0. The van der Waals surface area contributed by atoms with Gasteiger partial charge in [0, 0.05) is 27.1 Å². The Morgan fingerprint density at radius 3 is 1.10 bits per heavy atom. The van der Waals surface area contributed by atoms with Crippen LogP contribution in [0.25, 0.3) is 198 Å². The second-order valence-corrected chi connectivity index (χ2v) is 24.8. The lowest BCUT2D eigenvalue weighted by Gasteiger charge is -2.21. The first-order valence-electron chi connectivity index (χ1n) is 32.4. The van der Waals surface area contributed by atoms with Crippen molar-refractivity contribution in [3.63, 3.8) is 0 Å². The molecule has 0 fully saturated rings. The summed E-state index contributed by atoms with van der Waals surface area (Å²) >= 11 is 0. The highest BCUT2D eigenvalue weighted by Crippen LogP contribution is 2.51. The minimum absolute atomic E-state index is 0.861. The summed E-state index contributed by atoms with van der Waals surface area (Å²) in [5.41, 5.74) is 24.6. The lowest BCUT2D eigenvalue weighted by atomic mass is 9.82. The lowest BCUT2D eigenvalue weighted by molar-refractivity contribution is 0.669. The smallest absolute Gasteiger partial charge is 0.143 e. The predicted octanol–water partition coefficient (Wildman–Crippen LogP) is 26.3. The van der Waals surface area contributed by atoms with Crippen LogP contribution in [0.1, 0.15) is 0 Å². The summed E-state index contributed by atoms with van der Waals surface area (Å²) in [6, 6.07) is 124. The van der Waals surface area contributed by atoms with Crippen molar-refractivity contribution < 1.29 is 8.83 Å². The van der Waals surface area contributed by atoms with E-state index in [1.807, 2.05) is 12.1 Å². The van der Waals surface area contributed by atoms with Crippen molar-refractivity contribution in [1.82, 2.24) is 0 Å². The fraction of sp³-hybridized carbons (Fsp3) is 0. The Labute approximate surface area is 543 Å². The summed E-state index contributed by atoms with van der Waals surface area (Å²) in [6.07, 6.45) is 0. The number of hydrogen-bond donors (Lipinski definition) is 0. The average Bonchev–Trinajstić information content (AvgIpc) is 0.884. The van der Waals surface area contributed by atoms with Gasteiger partial charge in [0.05, 0.1) is 0 Å². The molecule has 2 aromatic heterocycles. The van der Waals surface area contributed by atoms with Crippen LogP contribution >= 0.6 is 0 Å². The van der Waals surface area contributed by atoms with Gasteiger partial charge in [-0.15, -0.1) is 0 Å². The zero-order chi connectivity index (χ0) is 61.8. The van der Waals surface area contributed by atoms with E-state index in [9.17, 15) is 0 Å². The van der Waals surface area contributed by atoms with Crippen LogP contribution in [0, 0.1) is 0 Å². The molecule has 0 aliphatic carbocycles. The van der Waals surface area contributed by atoms with Crippen LogP contribution < -0.4 is 0 Å². The number of benzene rings is 17. The van der Waals surface area contributed by atoms with E-state index in [2.05, 4.69) is 328 Å². The second-order valence-electron chi connectivity index (χ2n) is 24.8. The van der Waals surface area contributed by atoms with Gasteiger partial charge in [-0.3, -0.25) is 0 Å². The van der Waals surface area contributed by atoms with Gasteiger partial charge in [0.1, 0.15) is 22.3 Å². The van der Waals surface area contributed by atoms with E-state index in [1.165, 1.54) is 109 Å². The molecule has 94 heavy (non-hydrogen) atoms. The molecule has 0 saturated heterocycles. The maximum Gasteiger partial charge on any atom is 0.143 e. The van der Waals surface area contributed by atoms with E-state index in [0.29, 0.717) is 0 Å². The van der Waals surface area contributed by atoms with Gasteiger partial charge in [-0.05, 0) is 179 Å². The quantitative estimate of drug-likeness (QED) is 0.135. The Morgan fingerprint density at radius 2 is 0.511 bits per heavy atom. The fourth-order valence-electron chi connectivity index (χ4n) is 15.6. The SMILES string of the molecule is c1ccc(-c2cc(-c3ccc(-c4ccc(-c5c6ccccc6c(-c6ccccc6-c6cccc7ccccc67)c6ccccc56)cc4)c4c3oc3ccccc34)ccc2-c2c3ccccc3c(-c3ccc(-c4cccc5oc6ccccc6c45)cc3)c3ccccc23)cc1. The molecule has 2 nitrogen and oxygen atoms in total. The van der Waals surface area contributed by atoms with Crippen LogP contribution in [-0.2, 0) is 0 Å². The largest absolute Gasteiger partial charge is 0.456 e. The molecule has 0 bridgehead atoms. The van der Waals surface area contributed by atoms with Crippen molar-refractivity contribution in [2.45, 2.75) is 0 Å². The molecule has 0 spiro atoms. The molecule has 0 aliphatic heterocycles. The van der Waals surface area contributed by atoms with Gasteiger partial charge >= 0.3 is 0 Å². The molecule has 19 aromatic rings. The third-order valence-electron chi connectivity index (χ3n) is 19.7. The number of furan rings is 2. The van der Waals surface area contributed by atoms with Crippen molar-refractivity contribution in [3.8, 4) is 100 Å². The number of para-hydroxylation sites is 2. The van der Waals surface area contributed by atoms with Crippen molar-refractivity contribution in [2.75, 3.05) is 0 Å². The van der Waals surface area contributed by atoms with Crippen LogP contribution in [0.3, 0.4) is 0 Å². The monoisotopic (exact) mass is 1190 g/mol. The number of rotatable bonds is 9. The predicted molar refractivity (Wildman–Crippen MR) is 397 cm³/mol. The summed E-state index contributed by atoms with van der Waals surface area (Å²) in [5, 5.41) is 16.7. The van der Waals surface area contributed by atoms with Gasteiger partial charge in [-0.25, -0.2) is 0 Å². The lowest BCUT2D eigenvalue weighted by Crippen LogP contribution is -1.94. The van der Waals surface area contributed by atoms with E-state index in [-0.39, 0.29) is 0 Å². The highest BCUT2D eigenvalue weighted by molar-refractivity contribution is 6.25. The normalized spacial score (nSPS) is 11.8. The molecule has 0 aliphatic rings. The van der Waals surface area contributed by atoms with Gasteiger partial charge in [-0.1, -0.05) is 309 Å². The highest BCUT2D eigenvalue weighted by atomic mass is 16.3. The van der Waals surface area contributed by atoms with Gasteiger partial charge in [0.25, 0.3) is 0 Å². The minimum Gasteiger partial charge on any atom is -0.456 e. The first-order valence-corrected chi connectivity index (χ1v) is 32.4. The first kappa shape index (κ1) is 53.5. The third-order valence-corrected chi connectivity index (χ3v) is 19.7. The highest BCUT2D eigenvalue weighted by Gasteiger charge is 2.25. The van der Waals surface area contributed by atoms with E-state index >= 15 is 0 Å². The standard InChI is InChI=1S/C92H56O2/c1-2-22-58(23-3-1)82-56-63(52-53-79(82)89-77-35-14-10-31-73(77)87(74-32-11-15-36-78(74)89)61-48-44-59(45-49-61)65-39-21-43-85-90(65)80-37-16-18-41-83(80)93-85)67-55-54-66(91-81-38-17-19-42-84(81)94-92(67)91)60-46-50-62(51-47-60)86-71-29-8-12-33-75(71)88(76-34-13-9-30-72(76)86)70-28-7-6-27-69(70)68-40-20-25-57-24-4-5-26-64(57)68/h1-56H. The molecule has 2 heteroatoms.